The normalized spacial score (nSPS) is 19.6. The van der Waals surface area contributed by atoms with Crippen molar-refractivity contribution in [2.24, 2.45) is 13.0 Å². The predicted octanol–water partition coefficient (Wildman–Crippen LogP) is 6.34. The molecule has 7 rings (SSSR count). The fourth-order valence-electron chi connectivity index (χ4n) is 8.10. The number of amides is 2. The average Bonchev–Trinajstić information content (AvgIpc) is 3.14. The van der Waals surface area contributed by atoms with Crippen LogP contribution in [0, 0.1) is 11.7 Å². The minimum absolute atomic E-state index is 0.118. The number of carbonyl (C=O) groups excluding carboxylic acids is 2. The lowest BCUT2D eigenvalue weighted by Gasteiger charge is -2.35. The standard InChI is InChI=1S/C40H44F4N6O4/c1-48-24-33(31-8-14-45-22-32(31)39(48)53)27-2-3-28(36(20-27)54-40(42,43)44)23-50-16-10-25(11-17-50)9-15-49-18-12-26(13-19-49)30-5-4-29(21-34(30)41)46-35-6-7-37(51)47-38(35)52/h2-5,8,14,20-22,24-26,35,46H,6-7,9-13,15-19,23H2,1H3,(H,47,51,52). The van der Waals surface area contributed by atoms with Crippen LogP contribution in [0.2, 0.25) is 0 Å². The Morgan fingerprint density at radius 1 is 0.926 bits per heavy atom. The van der Waals surface area contributed by atoms with Gasteiger partial charge in [-0.1, -0.05) is 18.2 Å². The molecule has 5 heterocycles. The van der Waals surface area contributed by atoms with Gasteiger partial charge in [0.05, 0.1) is 5.39 Å². The van der Waals surface area contributed by atoms with Gasteiger partial charge in [-0.05, 0) is 124 Å². The van der Waals surface area contributed by atoms with Gasteiger partial charge in [0.1, 0.15) is 17.6 Å². The largest absolute Gasteiger partial charge is 0.573 e. The maximum Gasteiger partial charge on any atom is 0.573 e. The number of aryl methyl sites for hydroxylation is 1. The van der Waals surface area contributed by atoms with Crippen LogP contribution in [0.4, 0.5) is 23.2 Å². The van der Waals surface area contributed by atoms with Crippen LogP contribution in [-0.2, 0) is 23.2 Å². The third-order valence-electron chi connectivity index (χ3n) is 11.2. The number of piperidine rings is 3. The Morgan fingerprint density at radius 2 is 1.69 bits per heavy atom. The number of anilines is 1. The highest BCUT2D eigenvalue weighted by molar-refractivity contribution is 6.01. The molecule has 2 amide bonds. The van der Waals surface area contributed by atoms with Crippen molar-refractivity contribution in [2.45, 2.75) is 69.8 Å². The lowest BCUT2D eigenvalue weighted by molar-refractivity contribution is -0.275. The summed E-state index contributed by atoms with van der Waals surface area (Å²) in [4.78, 5) is 44.8. The molecule has 3 aliphatic heterocycles. The number of hydrogen-bond donors (Lipinski definition) is 2. The molecule has 3 fully saturated rings. The summed E-state index contributed by atoms with van der Waals surface area (Å²) >= 11 is 0. The topological polar surface area (TPSA) is 109 Å². The summed E-state index contributed by atoms with van der Waals surface area (Å²) in [6.07, 6.45) is 5.05. The highest BCUT2D eigenvalue weighted by Gasteiger charge is 2.33. The van der Waals surface area contributed by atoms with Crippen LogP contribution >= 0.6 is 0 Å². The van der Waals surface area contributed by atoms with E-state index in [1.807, 2.05) is 0 Å². The van der Waals surface area contributed by atoms with Crippen LogP contribution in [0.1, 0.15) is 62.0 Å². The fraction of sp³-hybridized carbons (Fsp3) is 0.450. The molecule has 54 heavy (non-hydrogen) atoms. The summed E-state index contributed by atoms with van der Waals surface area (Å²) in [6, 6.07) is 11.0. The Morgan fingerprint density at radius 3 is 2.41 bits per heavy atom. The monoisotopic (exact) mass is 748 g/mol. The summed E-state index contributed by atoms with van der Waals surface area (Å²) in [5.74, 6) is -0.590. The Hall–Kier alpha value is -4.82. The van der Waals surface area contributed by atoms with Crippen molar-refractivity contribution in [1.29, 1.82) is 0 Å². The smallest absolute Gasteiger partial charge is 0.405 e. The van der Waals surface area contributed by atoms with E-state index in [9.17, 15) is 27.6 Å². The highest BCUT2D eigenvalue weighted by Crippen LogP contribution is 2.36. The van der Waals surface area contributed by atoms with Gasteiger partial charge >= 0.3 is 6.36 Å². The second kappa shape index (κ2) is 15.9. The lowest BCUT2D eigenvalue weighted by atomic mass is 9.88. The van der Waals surface area contributed by atoms with E-state index in [0.29, 0.717) is 57.6 Å². The summed E-state index contributed by atoms with van der Waals surface area (Å²) in [6.45, 7) is 4.58. The van der Waals surface area contributed by atoms with Crippen molar-refractivity contribution in [2.75, 3.05) is 38.0 Å². The van der Waals surface area contributed by atoms with E-state index in [1.54, 1.807) is 49.8 Å². The molecule has 3 saturated heterocycles. The molecule has 14 heteroatoms. The average molecular weight is 749 g/mol. The van der Waals surface area contributed by atoms with Crippen molar-refractivity contribution in [3.8, 4) is 16.9 Å². The summed E-state index contributed by atoms with van der Waals surface area (Å²) in [5, 5.41) is 6.34. The molecular weight excluding hydrogens is 704 g/mol. The van der Waals surface area contributed by atoms with E-state index in [1.165, 1.54) is 22.9 Å². The molecule has 3 aliphatic rings. The zero-order chi connectivity index (χ0) is 38.0. The van der Waals surface area contributed by atoms with E-state index in [4.69, 9.17) is 0 Å². The van der Waals surface area contributed by atoms with Gasteiger partial charge < -0.3 is 19.5 Å². The Kier molecular flexibility index (Phi) is 11.0. The maximum atomic E-state index is 15.2. The fourth-order valence-corrected chi connectivity index (χ4v) is 8.10. The number of pyridine rings is 2. The van der Waals surface area contributed by atoms with E-state index < -0.39 is 18.3 Å². The van der Waals surface area contributed by atoms with Gasteiger partial charge in [-0.3, -0.25) is 29.6 Å². The quantitative estimate of drug-likeness (QED) is 0.143. The maximum absolute atomic E-state index is 15.2. The summed E-state index contributed by atoms with van der Waals surface area (Å²) in [7, 11) is 1.60. The number of nitrogens with zero attached hydrogens (tertiary/aromatic N) is 4. The number of nitrogens with one attached hydrogen (secondary N) is 2. The van der Waals surface area contributed by atoms with Crippen molar-refractivity contribution in [3.63, 3.8) is 0 Å². The Labute approximate surface area is 310 Å². The van der Waals surface area contributed by atoms with Gasteiger partial charge in [-0.15, -0.1) is 13.2 Å². The Balaban J connectivity index is 0.898. The number of benzene rings is 2. The SMILES string of the molecule is Cn1cc(-c2ccc(CN3CCC(CCN4CCC(c5ccc(NC6CCC(=O)NC6=O)cc5F)CC4)CC3)c(OC(F)(F)F)c2)c2ccncc2c1=O. The van der Waals surface area contributed by atoms with Crippen LogP contribution in [0.3, 0.4) is 0 Å². The first-order valence-corrected chi connectivity index (χ1v) is 18.6. The zero-order valence-electron chi connectivity index (χ0n) is 30.1. The van der Waals surface area contributed by atoms with Crippen molar-refractivity contribution >= 4 is 28.3 Å². The predicted molar refractivity (Wildman–Crippen MR) is 196 cm³/mol. The molecule has 0 spiro atoms. The molecular formula is C40H44F4N6O4. The van der Waals surface area contributed by atoms with Crippen molar-refractivity contribution < 1.29 is 31.9 Å². The lowest BCUT2D eigenvalue weighted by Crippen LogP contribution is -2.47. The first-order chi connectivity index (χ1) is 25.9. The molecule has 2 aromatic carbocycles. The first kappa shape index (κ1) is 37.5. The number of aromatic nitrogens is 2. The number of hydrogen-bond acceptors (Lipinski definition) is 8. The second-order valence-electron chi connectivity index (χ2n) is 14.8. The van der Waals surface area contributed by atoms with Crippen molar-refractivity contribution in [1.82, 2.24) is 24.7 Å². The molecule has 0 bridgehead atoms. The molecule has 1 unspecified atom stereocenters. The van der Waals surface area contributed by atoms with E-state index >= 15 is 4.39 Å². The van der Waals surface area contributed by atoms with Gasteiger partial charge in [0.2, 0.25) is 11.8 Å². The van der Waals surface area contributed by atoms with Gasteiger partial charge in [0, 0.05) is 55.4 Å². The minimum atomic E-state index is -4.86. The zero-order valence-corrected chi connectivity index (χ0v) is 30.1. The third-order valence-corrected chi connectivity index (χ3v) is 11.2. The summed E-state index contributed by atoms with van der Waals surface area (Å²) in [5.41, 5.74) is 2.54. The van der Waals surface area contributed by atoms with E-state index in [2.05, 4.69) is 30.2 Å². The minimum Gasteiger partial charge on any atom is -0.405 e. The van der Waals surface area contributed by atoms with Crippen molar-refractivity contribution in [3.05, 3.63) is 88.4 Å². The van der Waals surface area contributed by atoms with Crippen LogP contribution in [0.25, 0.3) is 21.9 Å². The molecule has 10 nitrogen and oxygen atoms in total. The first-order valence-electron chi connectivity index (χ1n) is 18.6. The molecule has 0 saturated carbocycles. The molecule has 286 valence electrons. The number of imide groups is 1. The molecule has 2 N–H and O–H groups in total. The van der Waals surface area contributed by atoms with E-state index in [-0.39, 0.29) is 35.4 Å². The highest BCUT2D eigenvalue weighted by atomic mass is 19.4. The molecule has 4 aromatic rings. The number of alkyl halides is 3. The van der Waals surface area contributed by atoms with E-state index in [0.717, 1.165) is 64.8 Å². The molecule has 2 aromatic heterocycles. The molecule has 0 aliphatic carbocycles. The van der Waals surface area contributed by atoms with Gasteiger partial charge in [0.25, 0.3) is 5.56 Å². The van der Waals surface area contributed by atoms with Crippen LogP contribution < -0.4 is 20.9 Å². The van der Waals surface area contributed by atoms with Crippen LogP contribution in [0.5, 0.6) is 5.75 Å². The Bertz CT molecular complexity index is 2070. The van der Waals surface area contributed by atoms with Gasteiger partial charge in [-0.25, -0.2) is 4.39 Å². The third kappa shape index (κ3) is 8.76. The number of carbonyl (C=O) groups is 2. The van der Waals surface area contributed by atoms with Crippen LogP contribution in [0.15, 0.2) is 65.8 Å². The number of rotatable bonds is 10. The van der Waals surface area contributed by atoms with Gasteiger partial charge in [0.15, 0.2) is 0 Å². The number of halogens is 4. The molecule has 0 radical (unpaired) electrons. The second-order valence-corrected chi connectivity index (χ2v) is 14.8. The summed E-state index contributed by atoms with van der Waals surface area (Å²) < 4.78 is 61.9. The molecule has 1 atom stereocenters. The van der Waals surface area contributed by atoms with Crippen LogP contribution in [-0.4, -0.2) is 76.3 Å². The number of ether oxygens (including phenoxy) is 1. The van der Waals surface area contributed by atoms with Gasteiger partial charge in [-0.2, -0.15) is 0 Å². The number of fused-ring (bicyclic) bond motifs is 1. The number of likely N-dealkylation sites (tertiary alicyclic amines) is 2.